The molecule has 4 aromatic rings. The van der Waals surface area contributed by atoms with Crippen LogP contribution in [0.5, 0.6) is 0 Å². The molecule has 2 N–H and O–H groups in total. The lowest BCUT2D eigenvalue weighted by molar-refractivity contribution is 0.1000. The lowest BCUT2D eigenvalue weighted by Gasteiger charge is -2.04. The van der Waals surface area contributed by atoms with Crippen LogP contribution in [-0.4, -0.2) is 15.5 Å². The van der Waals surface area contributed by atoms with Crippen molar-refractivity contribution in [2.24, 2.45) is 5.73 Å². The predicted molar refractivity (Wildman–Crippen MR) is 98.3 cm³/mol. The number of amides is 1. The van der Waals surface area contributed by atoms with E-state index >= 15 is 0 Å². The summed E-state index contributed by atoms with van der Waals surface area (Å²) < 4.78 is 28.3. The van der Waals surface area contributed by atoms with Gasteiger partial charge in [-0.2, -0.15) is 5.10 Å². The molecule has 1 amide bonds. The van der Waals surface area contributed by atoms with Crippen molar-refractivity contribution in [1.82, 2.24) is 9.61 Å². The smallest absolute Gasteiger partial charge is 0.248 e. The van der Waals surface area contributed by atoms with Crippen molar-refractivity contribution < 1.29 is 13.6 Å². The zero-order chi connectivity index (χ0) is 19.0. The molecule has 0 aliphatic carbocycles. The number of aromatic nitrogens is 2. The molecule has 0 saturated carbocycles. The molecule has 27 heavy (non-hydrogen) atoms. The zero-order valence-corrected chi connectivity index (χ0v) is 14.2. The average Bonchev–Trinajstić information content (AvgIpc) is 3.07. The third-order valence-electron chi connectivity index (χ3n) is 4.36. The maximum absolute atomic E-state index is 13.5. The fourth-order valence-corrected chi connectivity index (χ4v) is 3.02. The summed E-state index contributed by atoms with van der Waals surface area (Å²) in [6.45, 7) is 0. The summed E-state index contributed by atoms with van der Waals surface area (Å²) in [5, 5.41) is 4.41. The first-order valence-corrected chi connectivity index (χ1v) is 8.32. The summed E-state index contributed by atoms with van der Waals surface area (Å²) in [6.07, 6.45) is 2.44. The molecule has 4 rings (SSSR count). The molecule has 0 unspecified atom stereocenters. The lowest BCUT2D eigenvalue weighted by Crippen LogP contribution is -2.11. The first-order chi connectivity index (χ1) is 13.0. The van der Waals surface area contributed by atoms with Gasteiger partial charge >= 0.3 is 0 Å². The average molecular weight is 363 g/mol. The molecule has 2 aromatic carbocycles. The maximum Gasteiger partial charge on any atom is 0.248 e. The predicted octanol–water partition coefficient (Wildman–Crippen LogP) is 3.97. The van der Waals surface area contributed by atoms with Crippen LogP contribution < -0.4 is 5.73 Å². The summed E-state index contributed by atoms with van der Waals surface area (Å²) >= 11 is 0. The van der Waals surface area contributed by atoms with E-state index in [1.807, 2.05) is 30.5 Å². The van der Waals surface area contributed by atoms with Crippen LogP contribution in [0.2, 0.25) is 0 Å². The molecule has 2 aromatic heterocycles. The van der Waals surface area contributed by atoms with E-state index in [-0.39, 0.29) is 0 Å². The highest BCUT2D eigenvalue weighted by molar-refractivity contribution is 5.92. The van der Waals surface area contributed by atoms with E-state index in [2.05, 4.69) is 5.10 Å². The highest BCUT2D eigenvalue weighted by Crippen LogP contribution is 2.23. The van der Waals surface area contributed by atoms with E-state index in [0.29, 0.717) is 23.2 Å². The molecule has 0 radical (unpaired) electrons. The van der Waals surface area contributed by atoms with Gasteiger partial charge in [0.15, 0.2) is 11.6 Å². The summed E-state index contributed by atoms with van der Waals surface area (Å²) in [5.41, 5.74) is 9.69. The maximum atomic E-state index is 13.5. The molecule has 4 nitrogen and oxygen atoms in total. The van der Waals surface area contributed by atoms with Gasteiger partial charge in [0, 0.05) is 17.3 Å². The van der Waals surface area contributed by atoms with Crippen molar-refractivity contribution >= 4 is 11.4 Å². The van der Waals surface area contributed by atoms with Crippen LogP contribution in [0.15, 0.2) is 66.9 Å². The minimum absolute atomic E-state index is 0.459. The Hall–Kier alpha value is -3.54. The lowest BCUT2D eigenvalue weighted by atomic mass is 10.0. The van der Waals surface area contributed by atoms with Crippen molar-refractivity contribution in [1.29, 1.82) is 0 Å². The van der Waals surface area contributed by atoms with Gasteiger partial charge in [0.25, 0.3) is 0 Å². The van der Waals surface area contributed by atoms with Crippen molar-refractivity contribution in [3.05, 3.63) is 95.2 Å². The largest absolute Gasteiger partial charge is 0.366 e. The minimum atomic E-state index is -0.903. The number of carbonyl (C=O) groups excluding carboxylic acids is 1. The molecule has 0 spiro atoms. The summed E-state index contributed by atoms with van der Waals surface area (Å²) in [5.74, 6) is -2.25. The Labute approximate surface area is 153 Å². The van der Waals surface area contributed by atoms with Crippen LogP contribution in [0.3, 0.4) is 0 Å². The molecule has 0 fully saturated rings. The van der Waals surface area contributed by atoms with Crippen molar-refractivity contribution in [3.8, 4) is 11.3 Å². The van der Waals surface area contributed by atoms with Crippen molar-refractivity contribution in [3.63, 3.8) is 0 Å². The number of hydrogen-bond acceptors (Lipinski definition) is 2. The number of carbonyl (C=O) groups is 1. The molecule has 0 aliphatic rings. The molecule has 0 atom stereocenters. The second kappa shape index (κ2) is 6.64. The van der Waals surface area contributed by atoms with E-state index in [0.717, 1.165) is 28.8 Å². The second-order valence-electron chi connectivity index (χ2n) is 6.30. The van der Waals surface area contributed by atoms with E-state index < -0.39 is 17.5 Å². The van der Waals surface area contributed by atoms with Gasteiger partial charge < -0.3 is 5.73 Å². The Bertz CT molecular complexity index is 1170. The van der Waals surface area contributed by atoms with Crippen LogP contribution in [0.25, 0.3) is 16.8 Å². The molecule has 2 heterocycles. The Balaban J connectivity index is 1.65. The van der Waals surface area contributed by atoms with Gasteiger partial charge in [-0.15, -0.1) is 0 Å². The summed E-state index contributed by atoms with van der Waals surface area (Å²) in [4.78, 5) is 11.3. The monoisotopic (exact) mass is 363 g/mol. The van der Waals surface area contributed by atoms with Gasteiger partial charge in [-0.25, -0.2) is 13.3 Å². The van der Waals surface area contributed by atoms with E-state index in [1.165, 1.54) is 6.07 Å². The number of halogens is 2. The SMILES string of the molecule is NC(=O)c1cccc(Cc2ccn3nc(-c4ccc(F)c(F)c4)cc3c2)c1. The van der Waals surface area contributed by atoms with Crippen LogP contribution >= 0.6 is 0 Å². The highest BCUT2D eigenvalue weighted by atomic mass is 19.2. The van der Waals surface area contributed by atoms with Crippen molar-refractivity contribution in [2.75, 3.05) is 0 Å². The van der Waals surface area contributed by atoms with Crippen LogP contribution in [0.1, 0.15) is 21.5 Å². The van der Waals surface area contributed by atoms with Gasteiger partial charge in [0.1, 0.15) is 0 Å². The number of nitrogens with zero attached hydrogens (tertiary/aromatic N) is 2. The fourth-order valence-electron chi connectivity index (χ4n) is 3.02. The van der Waals surface area contributed by atoms with Crippen LogP contribution in [0.4, 0.5) is 8.78 Å². The van der Waals surface area contributed by atoms with Crippen LogP contribution in [-0.2, 0) is 6.42 Å². The molecular weight excluding hydrogens is 348 g/mol. The molecule has 6 heteroatoms. The first-order valence-electron chi connectivity index (χ1n) is 8.32. The number of pyridine rings is 1. The highest BCUT2D eigenvalue weighted by Gasteiger charge is 2.09. The summed E-state index contributed by atoms with van der Waals surface area (Å²) in [7, 11) is 0. The zero-order valence-electron chi connectivity index (χ0n) is 14.2. The number of benzene rings is 2. The number of hydrogen-bond donors (Lipinski definition) is 1. The Kier molecular flexibility index (Phi) is 4.16. The van der Waals surface area contributed by atoms with Crippen molar-refractivity contribution in [2.45, 2.75) is 6.42 Å². The number of fused-ring (bicyclic) bond motifs is 1. The topological polar surface area (TPSA) is 60.4 Å². The van der Waals surface area contributed by atoms with E-state index in [4.69, 9.17) is 5.73 Å². The van der Waals surface area contributed by atoms with Gasteiger partial charge in [-0.1, -0.05) is 12.1 Å². The molecule has 0 bridgehead atoms. The number of primary amides is 1. The van der Waals surface area contributed by atoms with Gasteiger partial charge in [0.2, 0.25) is 5.91 Å². The second-order valence-corrected chi connectivity index (χ2v) is 6.30. The quantitative estimate of drug-likeness (QED) is 0.596. The minimum Gasteiger partial charge on any atom is -0.366 e. The molecule has 0 aliphatic heterocycles. The number of nitrogens with two attached hydrogens (primary N) is 1. The molecule has 0 saturated heterocycles. The molecular formula is C21H15F2N3O. The summed E-state index contributed by atoms with van der Waals surface area (Å²) in [6, 6.07) is 16.6. The first kappa shape index (κ1) is 16.9. The number of rotatable bonds is 4. The Morgan fingerprint density at radius 3 is 2.56 bits per heavy atom. The standard InChI is InChI=1S/C21H15F2N3O/c22-18-5-4-15(11-19(18)23)20-12-17-10-14(6-7-26(17)25-20)8-13-2-1-3-16(9-13)21(24)27/h1-7,9-12H,8H2,(H2,24,27). The van der Waals surface area contributed by atoms with Gasteiger partial charge in [-0.05, 0) is 66.1 Å². The van der Waals surface area contributed by atoms with E-state index in [1.54, 1.807) is 22.7 Å². The Morgan fingerprint density at radius 2 is 1.78 bits per heavy atom. The van der Waals surface area contributed by atoms with E-state index in [9.17, 15) is 13.6 Å². The Morgan fingerprint density at radius 1 is 0.963 bits per heavy atom. The fraction of sp³-hybridized carbons (Fsp3) is 0.0476. The molecule has 134 valence electrons. The van der Waals surface area contributed by atoms with Crippen LogP contribution in [0, 0.1) is 11.6 Å². The normalized spacial score (nSPS) is 11.0. The third kappa shape index (κ3) is 3.42. The third-order valence-corrected chi connectivity index (χ3v) is 4.36. The van der Waals surface area contributed by atoms with Gasteiger partial charge in [-0.3, -0.25) is 4.79 Å². The van der Waals surface area contributed by atoms with Gasteiger partial charge in [0.05, 0.1) is 11.2 Å².